The summed E-state index contributed by atoms with van der Waals surface area (Å²) >= 11 is 0. The summed E-state index contributed by atoms with van der Waals surface area (Å²) in [6.07, 6.45) is -3.21. The third-order valence-corrected chi connectivity index (χ3v) is 12.8. The van der Waals surface area contributed by atoms with Gasteiger partial charge in [-0.3, -0.25) is 4.98 Å². The molecule has 86 heavy (non-hydrogen) atoms. The van der Waals surface area contributed by atoms with Crippen LogP contribution in [-0.2, 0) is 64.3 Å². The van der Waals surface area contributed by atoms with Crippen LogP contribution in [0.25, 0.3) is 22.9 Å². The number of para-hydroxylation sites is 2. The standard InChI is InChI=1S/C49H54N12O24S/c1-31(2)37-13-14-41(51-29-37)86(71,72)58(33(4)84-49(64)79-22-18-75-20-26-81-60(67)68)45-42(85-40-12-7-6-11-39(40)73-5)46(76-23-24-77-47(62)36-10-8-9-34(27-36)30-82-61(69)70)53-43(52-45)35-15-16-50-38(28-35)44-54-55-56-57(44)32(3)83-48(63)78-21-17-74-19-25-80-59(65)66/h6-16,27-29,31-33H,17-26,30H2,1-5H3. The normalized spacial score (nSPS) is 11.7. The maximum atomic E-state index is 15.4. The Balaban J connectivity index is 1.44. The van der Waals surface area contributed by atoms with Gasteiger partial charge >= 0.3 is 18.3 Å². The minimum atomic E-state index is -5.10. The van der Waals surface area contributed by atoms with Crippen LogP contribution in [0.2, 0.25) is 0 Å². The number of ether oxygens (including phenoxy) is 10. The van der Waals surface area contributed by atoms with Gasteiger partial charge in [-0.1, -0.05) is 44.2 Å². The van der Waals surface area contributed by atoms with Gasteiger partial charge in [-0.25, -0.2) is 28.7 Å². The molecule has 6 aromatic rings. The lowest BCUT2D eigenvalue weighted by molar-refractivity contribution is -0.763. The van der Waals surface area contributed by atoms with Crippen LogP contribution in [-0.4, -0.2) is 162 Å². The molecule has 0 amide bonds. The molecule has 0 radical (unpaired) electrons. The molecule has 0 aliphatic rings. The monoisotopic (exact) mass is 1230 g/mol. The molecule has 2 atom stereocenters. The number of sulfonamides is 1. The Kier molecular flexibility index (Phi) is 24.0. The number of carbonyl (C=O) groups is 3. The molecule has 36 nitrogen and oxygen atoms in total. The van der Waals surface area contributed by atoms with E-state index in [1.165, 1.54) is 87.1 Å². The van der Waals surface area contributed by atoms with Crippen LogP contribution in [0.1, 0.15) is 61.3 Å². The van der Waals surface area contributed by atoms with Crippen molar-refractivity contribution in [2.24, 2.45) is 0 Å². The second-order valence-electron chi connectivity index (χ2n) is 17.2. The van der Waals surface area contributed by atoms with E-state index in [2.05, 4.69) is 45.0 Å². The zero-order valence-corrected chi connectivity index (χ0v) is 47.0. The van der Waals surface area contributed by atoms with Gasteiger partial charge in [0.15, 0.2) is 40.6 Å². The van der Waals surface area contributed by atoms with E-state index in [-0.39, 0.29) is 91.1 Å². The number of hydrogen-bond donors (Lipinski definition) is 0. The van der Waals surface area contributed by atoms with Crippen LogP contribution >= 0.6 is 0 Å². The van der Waals surface area contributed by atoms with Gasteiger partial charge in [0.25, 0.3) is 31.2 Å². The zero-order valence-electron chi connectivity index (χ0n) is 46.2. The Bertz CT molecular complexity index is 3400. The molecule has 6 rings (SSSR count). The van der Waals surface area contributed by atoms with E-state index < -0.39 is 112 Å². The summed E-state index contributed by atoms with van der Waals surface area (Å²) in [7, 11) is -3.77. The number of carbonyl (C=O) groups excluding carboxylic acids is 3. The number of methoxy groups -OCH3 is 1. The lowest BCUT2D eigenvalue weighted by atomic mass is 10.1. The lowest BCUT2D eigenvalue weighted by Gasteiger charge is -2.30. The predicted octanol–water partition coefficient (Wildman–Crippen LogP) is 5.27. The van der Waals surface area contributed by atoms with E-state index in [1.54, 1.807) is 12.1 Å². The quantitative estimate of drug-likeness (QED) is 0.0122. The fourth-order valence-electron chi connectivity index (χ4n) is 7.09. The highest BCUT2D eigenvalue weighted by Crippen LogP contribution is 2.45. The number of hydrogen-bond acceptors (Lipinski definition) is 31. The first kappa shape index (κ1) is 64.7. The number of esters is 1. The van der Waals surface area contributed by atoms with Crippen molar-refractivity contribution in [1.82, 2.24) is 40.1 Å². The molecule has 4 aromatic heterocycles. The summed E-state index contributed by atoms with van der Waals surface area (Å²) in [6, 6.07) is 17.2. The van der Waals surface area contributed by atoms with Crippen LogP contribution < -0.4 is 18.5 Å². The van der Waals surface area contributed by atoms with Crippen molar-refractivity contribution in [3.63, 3.8) is 0 Å². The molecule has 0 aliphatic carbocycles. The van der Waals surface area contributed by atoms with Crippen molar-refractivity contribution in [1.29, 1.82) is 0 Å². The molecule has 0 saturated carbocycles. The Hall–Kier alpha value is -10.4. The van der Waals surface area contributed by atoms with Crippen LogP contribution in [0.3, 0.4) is 0 Å². The fourth-order valence-corrected chi connectivity index (χ4v) is 8.51. The first-order valence-corrected chi connectivity index (χ1v) is 26.7. The van der Waals surface area contributed by atoms with Gasteiger partial charge in [0, 0.05) is 18.0 Å². The van der Waals surface area contributed by atoms with Crippen molar-refractivity contribution in [2.75, 3.05) is 77.5 Å². The highest BCUT2D eigenvalue weighted by molar-refractivity contribution is 7.92. The first-order chi connectivity index (χ1) is 41.2. The summed E-state index contributed by atoms with van der Waals surface area (Å²) in [5.41, 5.74) is 0.933. The molecular formula is C49H54N12O24S. The summed E-state index contributed by atoms with van der Waals surface area (Å²) in [6.45, 7) is 2.28. The van der Waals surface area contributed by atoms with Crippen molar-refractivity contribution >= 4 is 34.1 Å². The van der Waals surface area contributed by atoms with Crippen LogP contribution in [0, 0.1) is 30.3 Å². The topological polar surface area (TPSA) is 433 Å². The third-order valence-electron chi connectivity index (χ3n) is 11.0. The molecule has 2 unspecified atom stereocenters. The second kappa shape index (κ2) is 31.9. The molecule has 37 heteroatoms. The van der Waals surface area contributed by atoms with Gasteiger partial charge < -0.3 is 61.9 Å². The average Bonchev–Trinajstić information content (AvgIpc) is 1.08. The molecule has 0 saturated heterocycles. The summed E-state index contributed by atoms with van der Waals surface area (Å²) in [5.74, 6) is -3.22. The van der Waals surface area contributed by atoms with Gasteiger partial charge in [0.1, 0.15) is 51.9 Å². The molecular weight excluding hydrogens is 1170 g/mol. The summed E-state index contributed by atoms with van der Waals surface area (Å²) in [4.78, 5) is 102. The van der Waals surface area contributed by atoms with E-state index in [0.717, 1.165) is 11.6 Å². The minimum absolute atomic E-state index is 0.0117. The second-order valence-corrected chi connectivity index (χ2v) is 18.9. The van der Waals surface area contributed by atoms with Gasteiger partial charge in [0.2, 0.25) is 11.6 Å². The van der Waals surface area contributed by atoms with E-state index in [0.29, 0.717) is 9.87 Å². The van der Waals surface area contributed by atoms with Crippen molar-refractivity contribution < 1.29 is 99.9 Å². The average molecular weight is 1230 g/mol. The Morgan fingerprint density at radius 2 is 1.35 bits per heavy atom. The molecule has 0 aliphatic heterocycles. The van der Waals surface area contributed by atoms with E-state index in [9.17, 15) is 44.7 Å². The SMILES string of the molecule is COc1ccccc1Oc1c(OCCOC(=O)c2cccc(CO[N+](=O)[O-])c2)nc(-c2ccnc(-c3nnnn3C(C)OC(=O)OCCOCCO[N+](=O)[O-])c2)nc1N(C(C)OC(=O)OCCOCCO[N+](=O)[O-])S(=O)(=O)c1ccc(C(C)C)cn1. The largest absolute Gasteiger partial charge is 0.510 e. The molecule has 2 aromatic carbocycles. The third kappa shape index (κ3) is 19.1. The van der Waals surface area contributed by atoms with Crippen molar-refractivity contribution in [2.45, 2.75) is 57.7 Å². The smallest absolute Gasteiger partial charge is 0.493 e. The van der Waals surface area contributed by atoms with E-state index in [4.69, 9.17) is 52.4 Å². The van der Waals surface area contributed by atoms with Crippen LogP contribution in [0.15, 0.2) is 90.2 Å². The number of benzene rings is 2. The van der Waals surface area contributed by atoms with Gasteiger partial charge in [-0.15, -0.1) is 35.4 Å². The summed E-state index contributed by atoms with van der Waals surface area (Å²) < 4.78 is 87.6. The number of aromatic nitrogens is 8. The summed E-state index contributed by atoms with van der Waals surface area (Å²) in [5, 5.41) is 39.8. The first-order valence-electron chi connectivity index (χ1n) is 25.3. The Labute approximate surface area is 486 Å². The maximum Gasteiger partial charge on any atom is 0.510 e. The highest BCUT2D eigenvalue weighted by Gasteiger charge is 2.39. The number of anilines is 1. The predicted molar refractivity (Wildman–Crippen MR) is 284 cm³/mol. The molecule has 0 N–H and O–H groups in total. The van der Waals surface area contributed by atoms with Gasteiger partial charge in [-0.2, -0.15) is 18.1 Å². The van der Waals surface area contributed by atoms with Crippen molar-refractivity contribution in [3.8, 4) is 46.0 Å². The van der Waals surface area contributed by atoms with Crippen LogP contribution in [0.5, 0.6) is 23.1 Å². The number of pyridine rings is 2. The molecule has 0 fully saturated rings. The van der Waals surface area contributed by atoms with Gasteiger partial charge in [0.05, 0.1) is 39.1 Å². The van der Waals surface area contributed by atoms with E-state index in [1.807, 2.05) is 13.8 Å². The Morgan fingerprint density at radius 3 is 1.99 bits per heavy atom. The molecule has 460 valence electrons. The van der Waals surface area contributed by atoms with Crippen LogP contribution in [0.4, 0.5) is 15.4 Å². The maximum absolute atomic E-state index is 15.4. The highest BCUT2D eigenvalue weighted by atomic mass is 32.2. The number of rotatable bonds is 35. The molecule has 4 heterocycles. The van der Waals surface area contributed by atoms with Crippen molar-refractivity contribution in [3.05, 3.63) is 132 Å². The lowest BCUT2D eigenvalue weighted by Crippen LogP contribution is -2.43. The minimum Gasteiger partial charge on any atom is -0.493 e. The molecule has 0 spiro atoms. The Morgan fingerprint density at radius 1 is 0.698 bits per heavy atom. The molecule has 0 bridgehead atoms. The number of nitrogens with zero attached hydrogens (tertiary/aromatic N) is 12. The van der Waals surface area contributed by atoms with Gasteiger partial charge in [-0.05, 0) is 83.8 Å². The van der Waals surface area contributed by atoms with E-state index >= 15 is 8.42 Å². The fraction of sp³-hybridized carbons (Fsp3) is 0.388. The zero-order chi connectivity index (χ0) is 62.2. The number of tetrazole rings is 1.